The largest absolute Gasteiger partial charge is 0.381 e. The molecule has 0 spiro atoms. The molecular weight excluding hydrogens is 180 g/mol. The molecule has 2 N–H and O–H groups in total. The van der Waals surface area contributed by atoms with Crippen molar-refractivity contribution in [3.8, 4) is 0 Å². The van der Waals surface area contributed by atoms with Crippen LogP contribution in [0.3, 0.4) is 0 Å². The molecule has 1 aliphatic rings. The summed E-state index contributed by atoms with van der Waals surface area (Å²) >= 11 is 0. The zero-order valence-corrected chi connectivity index (χ0v) is 8.42. The molecule has 1 saturated heterocycles. The molecule has 0 amide bonds. The number of aromatic nitrogens is 3. The van der Waals surface area contributed by atoms with Crippen LogP contribution in [0.25, 0.3) is 0 Å². The number of aromatic amines is 1. The molecule has 1 aliphatic heterocycles. The zero-order chi connectivity index (χ0) is 9.80. The summed E-state index contributed by atoms with van der Waals surface area (Å²) in [6.45, 7) is 2.47. The Morgan fingerprint density at radius 2 is 2.21 bits per heavy atom. The Labute approximate surface area is 83.2 Å². The van der Waals surface area contributed by atoms with Crippen molar-refractivity contribution < 1.29 is 4.74 Å². The van der Waals surface area contributed by atoms with Crippen LogP contribution in [0.5, 0.6) is 0 Å². The van der Waals surface area contributed by atoms with Gasteiger partial charge in [-0.3, -0.25) is 0 Å². The fourth-order valence-electron chi connectivity index (χ4n) is 1.86. The van der Waals surface area contributed by atoms with Crippen molar-refractivity contribution in [1.82, 2.24) is 20.7 Å². The molecule has 0 radical (unpaired) electrons. The Hall–Kier alpha value is -0.940. The molecule has 0 atom stereocenters. The summed E-state index contributed by atoms with van der Waals surface area (Å²) in [6.07, 6.45) is 2.12. The van der Waals surface area contributed by atoms with Gasteiger partial charge in [0.1, 0.15) is 0 Å². The van der Waals surface area contributed by atoms with Gasteiger partial charge in [0, 0.05) is 25.7 Å². The summed E-state index contributed by atoms with van der Waals surface area (Å²) in [7, 11) is 1.92. The fourth-order valence-corrected chi connectivity index (χ4v) is 1.86. The smallest absolute Gasteiger partial charge is 0.0997 e. The number of nitrogens with zero attached hydrogens (tertiary/aromatic N) is 2. The van der Waals surface area contributed by atoms with Gasteiger partial charge in [0.15, 0.2) is 0 Å². The van der Waals surface area contributed by atoms with Crippen LogP contribution in [0.4, 0.5) is 0 Å². The molecule has 1 fully saturated rings. The minimum Gasteiger partial charge on any atom is -0.381 e. The third-order valence-corrected chi connectivity index (χ3v) is 2.60. The molecule has 14 heavy (non-hydrogen) atoms. The number of hydrogen-bond donors (Lipinski definition) is 2. The van der Waals surface area contributed by atoms with E-state index in [9.17, 15) is 0 Å². The maximum atomic E-state index is 5.32. The molecule has 2 rings (SSSR count). The van der Waals surface area contributed by atoms with Gasteiger partial charge in [-0.15, -0.1) is 0 Å². The normalized spacial score (nSPS) is 18.6. The molecule has 1 aromatic rings. The third kappa shape index (κ3) is 1.93. The van der Waals surface area contributed by atoms with Crippen molar-refractivity contribution in [2.45, 2.75) is 25.3 Å². The van der Waals surface area contributed by atoms with Gasteiger partial charge >= 0.3 is 0 Å². The van der Waals surface area contributed by atoms with Gasteiger partial charge in [-0.25, -0.2) is 0 Å². The summed E-state index contributed by atoms with van der Waals surface area (Å²) in [4.78, 5) is 0. The lowest BCUT2D eigenvalue weighted by molar-refractivity contribution is 0.0843. The Balaban J connectivity index is 2.09. The molecule has 78 valence electrons. The summed E-state index contributed by atoms with van der Waals surface area (Å²) < 4.78 is 5.32. The van der Waals surface area contributed by atoms with Crippen LogP contribution in [0.2, 0.25) is 0 Å². The summed E-state index contributed by atoms with van der Waals surface area (Å²) in [6, 6.07) is 0. The molecule has 5 nitrogen and oxygen atoms in total. The van der Waals surface area contributed by atoms with E-state index in [0.717, 1.165) is 44.0 Å². The van der Waals surface area contributed by atoms with E-state index in [1.165, 1.54) is 0 Å². The Morgan fingerprint density at radius 3 is 2.93 bits per heavy atom. The van der Waals surface area contributed by atoms with Crippen molar-refractivity contribution in [3.63, 3.8) is 0 Å². The van der Waals surface area contributed by atoms with E-state index in [2.05, 4.69) is 20.7 Å². The van der Waals surface area contributed by atoms with E-state index in [4.69, 9.17) is 4.74 Å². The van der Waals surface area contributed by atoms with Gasteiger partial charge in [0.2, 0.25) is 0 Å². The van der Waals surface area contributed by atoms with Crippen molar-refractivity contribution in [2.75, 3.05) is 20.3 Å². The highest BCUT2D eigenvalue weighted by molar-refractivity contribution is 5.14. The van der Waals surface area contributed by atoms with E-state index in [-0.39, 0.29) is 0 Å². The van der Waals surface area contributed by atoms with Gasteiger partial charge in [0.25, 0.3) is 0 Å². The lowest BCUT2D eigenvalue weighted by Crippen LogP contribution is -2.17. The first-order valence-corrected chi connectivity index (χ1v) is 5.03. The molecule has 0 saturated carbocycles. The lowest BCUT2D eigenvalue weighted by Gasteiger charge is -2.20. The minimum absolute atomic E-state index is 0.519. The molecule has 5 heteroatoms. The van der Waals surface area contributed by atoms with E-state index in [1.54, 1.807) is 0 Å². The zero-order valence-electron chi connectivity index (χ0n) is 8.42. The molecular formula is C9H16N4O. The molecule has 2 heterocycles. The first kappa shape index (κ1) is 9.61. The molecule has 0 bridgehead atoms. The van der Waals surface area contributed by atoms with Gasteiger partial charge in [-0.2, -0.15) is 15.4 Å². The average Bonchev–Trinajstić information content (AvgIpc) is 2.68. The van der Waals surface area contributed by atoms with E-state index in [0.29, 0.717) is 5.92 Å². The Morgan fingerprint density at radius 1 is 1.43 bits per heavy atom. The number of rotatable bonds is 3. The highest BCUT2D eigenvalue weighted by atomic mass is 16.5. The van der Waals surface area contributed by atoms with Crippen LogP contribution in [-0.4, -0.2) is 35.7 Å². The third-order valence-electron chi connectivity index (χ3n) is 2.60. The number of hydrogen-bond acceptors (Lipinski definition) is 4. The number of ether oxygens (including phenoxy) is 1. The van der Waals surface area contributed by atoms with Crippen molar-refractivity contribution >= 4 is 0 Å². The predicted molar refractivity (Wildman–Crippen MR) is 51.9 cm³/mol. The van der Waals surface area contributed by atoms with Crippen LogP contribution in [0.1, 0.15) is 30.1 Å². The second kappa shape index (κ2) is 4.52. The van der Waals surface area contributed by atoms with Gasteiger partial charge < -0.3 is 10.1 Å². The number of H-pyrrole nitrogens is 1. The standard InChI is InChI=1S/C9H16N4O/c1-10-6-8-9(12-13-11-8)7-2-4-14-5-3-7/h7,10H,2-6H2,1H3,(H,11,12,13). The second-order valence-electron chi connectivity index (χ2n) is 3.57. The highest BCUT2D eigenvalue weighted by Gasteiger charge is 2.21. The van der Waals surface area contributed by atoms with Crippen LogP contribution in [0.15, 0.2) is 0 Å². The van der Waals surface area contributed by atoms with Crippen molar-refractivity contribution in [3.05, 3.63) is 11.4 Å². The molecule has 1 aromatic heterocycles. The van der Waals surface area contributed by atoms with Crippen LogP contribution in [0, 0.1) is 0 Å². The quantitative estimate of drug-likeness (QED) is 0.735. The topological polar surface area (TPSA) is 62.8 Å². The predicted octanol–water partition coefficient (Wildman–Crippen LogP) is 0.418. The Kier molecular flexibility index (Phi) is 3.10. The second-order valence-corrected chi connectivity index (χ2v) is 3.57. The van der Waals surface area contributed by atoms with Crippen molar-refractivity contribution in [2.24, 2.45) is 0 Å². The first-order chi connectivity index (χ1) is 6.92. The summed E-state index contributed by atoms with van der Waals surface area (Å²) in [5, 5.41) is 14.2. The first-order valence-electron chi connectivity index (χ1n) is 5.03. The maximum absolute atomic E-state index is 5.32. The molecule has 0 aromatic carbocycles. The SMILES string of the molecule is CNCc1n[nH]nc1C1CCOCC1. The monoisotopic (exact) mass is 196 g/mol. The highest BCUT2D eigenvalue weighted by Crippen LogP contribution is 2.26. The van der Waals surface area contributed by atoms with E-state index < -0.39 is 0 Å². The minimum atomic E-state index is 0.519. The number of nitrogens with one attached hydrogen (secondary N) is 2. The van der Waals surface area contributed by atoms with Gasteiger partial charge in [-0.1, -0.05) is 0 Å². The molecule has 0 aliphatic carbocycles. The summed E-state index contributed by atoms with van der Waals surface area (Å²) in [5.74, 6) is 0.519. The van der Waals surface area contributed by atoms with Crippen LogP contribution >= 0.6 is 0 Å². The van der Waals surface area contributed by atoms with Crippen LogP contribution < -0.4 is 5.32 Å². The van der Waals surface area contributed by atoms with Crippen LogP contribution in [-0.2, 0) is 11.3 Å². The lowest BCUT2D eigenvalue weighted by atomic mass is 9.95. The van der Waals surface area contributed by atoms with Crippen molar-refractivity contribution in [1.29, 1.82) is 0 Å². The fraction of sp³-hybridized carbons (Fsp3) is 0.778. The molecule has 0 unspecified atom stereocenters. The van der Waals surface area contributed by atoms with Gasteiger partial charge in [0.05, 0.1) is 11.4 Å². The summed E-state index contributed by atoms with van der Waals surface area (Å²) in [5.41, 5.74) is 2.15. The van der Waals surface area contributed by atoms with E-state index >= 15 is 0 Å². The maximum Gasteiger partial charge on any atom is 0.0997 e. The van der Waals surface area contributed by atoms with E-state index in [1.807, 2.05) is 7.05 Å². The van der Waals surface area contributed by atoms with Gasteiger partial charge in [-0.05, 0) is 19.9 Å². The Bertz CT molecular complexity index is 280. The average molecular weight is 196 g/mol.